The van der Waals surface area contributed by atoms with Crippen molar-refractivity contribution in [3.8, 4) is 34.0 Å². The molecule has 0 saturated carbocycles. The van der Waals surface area contributed by atoms with E-state index in [1.807, 2.05) is 48.5 Å². The summed E-state index contributed by atoms with van der Waals surface area (Å²) in [6.45, 7) is 0. The Bertz CT molecular complexity index is 3470. The molecule has 5 heterocycles. The molecular weight excluding hydrogens is 675 g/mol. The van der Waals surface area contributed by atoms with Gasteiger partial charge in [0.05, 0.1) is 44.4 Å². The Morgan fingerprint density at radius 1 is 0.436 bits per heavy atom. The smallest absolute Gasteiger partial charge is 0.231 e. The van der Waals surface area contributed by atoms with Crippen molar-refractivity contribution in [1.29, 1.82) is 0 Å². The maximum atomic E-state index is 6.93. The summed E-state index contributed by atoms with van der Waals surface area (Å²) >= 11 is 0. The minimum atomic E-state index is 0.549. The van der Waals surface area contributed by atoms with E-state index in [2.05, 4.69) is 137 Å². The van der Waals surface area contributed by atoms with Gasteiger partial charge in [-0.15, -0.1) is 0 Å². The van der Waals surface area contributed by atoms with Crippen molar-refractivity contribution in [1.82, 2.24) is 24.1 Å². The first kappa shape index (κ1) is 29.9. The SMILES string of the molecule is c1ccc(-c2nc(-c3ccccc3)c3c(n2)oc2c(-n4c5ccccc5c5ccc6c(ncc7c8ccccc8n(-c8ccccc8)c76)c54)cccc23)cc1. The van der Waals surface area contributed by atoms with E-state index in [0.717, 1.165) is 93.7 Å². The van der Waals surface area contributed by atoms with Crippen molar-refractivity contribution in [2.75, 3.05) is 0 Å². The van der Waals surface area contributed by atoms with Gasteiger partial charge in [0.1, 0.15) is 0 Å². The highest BCUT2D eigenvalue weighted by Crippen LogP contribution is 2.44. The van der Waals surface area contributed by atoms with Crippen LogP contribution < -0.4 is 0 Å². The Morgan fingerprint density at radius 2 is 1.05 bits per heavy atom. The predicted molar refractivity (Wildman–Crippen MR) is 224 cm³/mol. The van der Waals surface area contributed by atoms with E-state index >= 15 is 0 Å². The second-order valence-electron chi connectivity index (χ2n) is 14.0. The first-order chi connectivity index (χ1) is 27.3. The van der Waals surface area contributed by atoms with Crippen LogP contribution in [-0.2, 0) is 0 Å². The van der Waals surface area contributed by atoms with Crippen molar-refractivity contribution in [3.05, 3.63) is 176 Å². The molecule has 6 heteroatoms. The van der Waals surface area contributed by atoms with E-state index in [1.165, 1.54) is 5.39 Å². The van der Waals surface area contributed by atoms with E-state index in [4.69, 9.17) is 19.4 Å². The molecule has 0 amide bonds. The summed E-state index contributed by atoms with van der Waals surface area (Å²) in [4.78, 5) is 15.6. The highest BCUT2D eigenvalue weighted by Gasteiger charge is 2.24. The third-order valence-corrected chi connectivity index (χ3v) is 11.0. The van der Waals surface area contributed by atoms with Gasteiger partial charge in [-0.3, -0.25) is 4.98 Å². The van der Waals surface area contributed by atoms with Gasteiger partial charge in [0.2, 0.25) is 5.71 Å². The molecule has 0 N–H and O–H groups in total. The molecule has 0 spiro atoms. The highest BCUT2D eigenvalue weighted by atomic mass is 16.3. The molecule has 256 valence electrons. The summed E-state index contributed by atoms with van der Waals surface area (Å²) in [6, 6.07) is 59.1. The molecule has 12 rings (SSSR count). The molecule has 0 bridgehead atoms. The molecule has 0 radical (unpaired) electrons. The average Bonchev–Trinajstić information content (AvgIpc) is 3.92. The van der Waals surface area contributed by atoms with Gasteiger partial charge in [-0.1, -0.05) is 133 Å². The number of furan rings is 1. The molecule has 5 aromatic heterocycles. The standard InChI is InChI=1S/C49H29N5O/c1-4-15-30(16-5-1)43-42-36-23-14-26-41(47(36)55-49(42)52-48(51-43)31-17-6-2-7-18-31)54-40-25-13-10-21-33(40)35-27-28-37-44(46(35)54)50-29-38-34-22-11-12-24-39(34)53(45(37)38)32-19-8-3-9-20-32/h1-29H. The number of aromatic nitrogens is 5. The van der Waals surface area contributed by atoms with Gasteiger partial charge in [-0.2, -0.15) is 4.98 Å². The van der Waals surface area contributed by atoms with Crippen LogP contribution in [0.2, 0.25) is 0 Å². The number of benzene rings is 7. The molecule has 55 heavy (non-hydrogen) atoms. The van der Waals surface area contributed by atoms with Gasteiger partial charge < -0.3 is 13.6 Å². The second-order valence-corrected chi connectivity index (χ2v) is 14.0. The molecule has 7 aromatic carbocycles. The Hall–Kier alpha value is -7.57. The van der Waals surface area contributed by atoms with E-state index in [1.54, 1.807) is 0 Å². The summed E-state index contributed by atoms with van der Waals surface area (Å²) in [5.74, 6) is 0.623. The second kappa shape index (κ2) is 11.5. The van der Waals surface area contributed by atoms with Crippen LogP contribution in [0.5, 0.6) is 0 Å². The lowest BCUT2D eigenvalue weighted by Crippen LogP contribution is -1.97. The number of fused-ring (bicyclic) bond motifs is 12. The maximum Gasteiger partial charge on any atom is 0.231 e. The molecule has 6 nitrogen and oxygen atoms in total. The van der Waals surface area contributed by atoms with Crippen molar-refractivity contribution in [2.24, 2.45) is 0 Å². The predicted octanol–water partition coefficient (Wildman–Crippen LogP) is 12.5. The highest BCUT2D eigenvalue weighted by molar-refractivity contribution is 6.25. The van der Waals surface area contributed by atoms with Crippen LogP contribution in [0.15, 0.2) is 180 Å². The number of pyridine rings is 1. The van der Waals surface area contributed by atoms with Gasteiger partial charge in [-0.25, -0.2) is 4.98 Å². The number of nitrogens with zero attached hydrogens (tertiary/aromatic N) is 5. The zero-order valence-corrected chi connectivity index (χ0v) is 29.4. The van der Waals surface area contributed by atoms with Gasteiger partial charge in [0, 0.05) is 55.3 Å². The first-order valence-electron chi connectivity index (χ1n) is 18.5. The zero-order chi connectivity index (χ0) is 36.0. The van der Waals surface area contributed by atoms with Crippen LogP contribution in [0.4, 0.5) is 0 Å². The summed E-state index contributed by atoms with van der Waals surface area (Å²) in [5.41, 5.74) is 11.4. The van der Waals surface area contributed by atoms with Crippen LogP contribution in [0.3, 0.4) is 0 Å². The summed E-state index contributed by atoms with van der Waals surface area (Å²) in [7, 11) is 0. The largest absolute Gasteiger partial charge is 0.435 e. The van der Waals surface area contributed by atoms with Gasteiger partial charge in [0.25, 0.3) is 0 Å². The Morgan fingerprint density at radius 3 is 1.82 bits per heavy atom. The molecule has 12 aromatic rings. The van der Waals surface area contributed by atoms with Crippen LogP contribution in [0.25, 0.3) is 111 Å². The molecule has 0 unspecified atom stereocenters. The lowest BCUT2D eigenvalue weighted by molar-refractivity contribution is 0.651. The summed E-state index contributed by atoms with van der Waals surface area (Å²) in [6.07, 6.45) is 2.05. The van der Waals surface area contributed by atoms with Gasteiger partial charge in [-0.05, 0) is 36.4 Å². The van der Waals surface area contributed by atoms with Crippen molar-refractivity contribution in [3.63, 3.8) is 0 Å². The van der Waals surface area contributed by atoms with E-state index in [0.29, 0.717) is 11.5 Å². The Kier molecular flexibility index (Phi) is 6.24. The molecule has 0 atom stereocenters. The van der Waals surface area contributed by atoms with Crippen molar-refractivity contribution < 1.29 is 4.42 Å². The molecule has 0 aliphatic rings. The fourth-order valence-corrected chi connectivity index (χ4v) is 8.63. The van der Waals surface area contributed by atoms with Crippen molar-refractivity contribution >= 4 is 76.6 Å². The number of rotatable bonds is 4. The summed E-state index contributed by atoms with van der Waals surface area (Å²) < 4.78 is 11.6. The van der Waals surface area contributed by atoms with E-state index < -0.39 is 0 Å². The van der Waals surface area contributed by atoms with Crippen molar-refractivity contribution in [2.45, 2.75) is 0 Å². The average molecular weight is 704 g/mol. The van der Waals surface area contributed by atoms with E-state index in [9.17, 15) is 0 Å². The quantitative estimate of drug-likeness (QED) is 0.183. The molecule has 0 saturated heterocycles. The third kappa shape index (κ3) is 4.27. The lowest BCUT2D eigenvalue weighted by Gasteiger charge is -2.12. The Balaban J connectivity index is 1.21. The van der Waals surface area contributed by atoms with Crippen LogP contribution in [0.1, 0.15) is 0 Å². The number of para-hydroxylation sites is 4. The molecular formula is C49H29N5O. The monoisotopic (exact) mass is 703 g/mol. The minimum Gasteiger partial charge on any atom is -0.435 e. The normalized spacial score (nSPS) is 12.0. The summed E-state index contributed by atoms with van der Waals surface area (Å²) in [5, 5.41) is 7.49. The number of hydrogen-bond donors (Lipinski definition) is 0. The van der Waals surface area contributed by atoms with Gasteiger partial charge >= 0.3 is 0 Å². The Labute approximate surface area is 314 Å². The van der Waals surface area contributed by atoms with Gasteiger partial charge in [0.15, 0.2) is 11.4 Å². The molecule has 0 fully saturated rings. The zero-order valence-electron chi connectivity index (χ0n) is 29.4. The van der Waals surface area contributed by atoms with E-state index in [-0.39, 0.29) is 0 Å². The maximum absolute atomic E-state index is 6.93. The molecule has 0 aliphatic heterocycles. The third-order valence-electron chi connectivity index (χ3n) is 11.0. The first-order valence-corrected chi connectivity index (χ1v) is 18.5. The topological polar surface area (TPSA) is 61.7 Å². The fraction of sp³-hybridized carbons (Fsp3) is 0. The minimum absolute atomic E-state index is 0.549. The number of hydrogen-bond acceptors (Lipinski definition) is 4. The van der Waals surface area contributed by atoms with Crippen LogP contribution in [-0.4, -0.2) is 24.1 Å². The van der Waals surface area contributed by atoms with Crippen LogP contribution >= 0.6 is 0 Å². The van der Waals surface area contributed by atoms with Crippen LogP contribution in [0, 0.1) is 0 Å². The molecule has 0 aliphatic carbocycles. The lowest BCUT2D eigenvalue weighted by atomic mass is 10.0. The fourth-order valence-electron chi connectivity index (χ4n) is 8.63.